The van der Waals surface area contributed by atoms with E-state index in [-0.39, 0.29) is 18.3 Å². The van der Waals surface area contributed by atoms with Crippen molar-refractivity contribution in [2.45, 2.75) is 13.5 Å². The Morgan fingerprint density at radius 1 is 1.48 bits per heavy atom. The van der Waals surface area contributed by atoms with Crippen molar-refractivity contribution in [2.75, 3.05) is 5.32 Å². The number of nitrogens with zero attached hydrogens (tertiary/aromatic N) is 1. The Morgan fingerprint density at radius 2 is 2.24 bits per heavy atom. The highest BCUT2D eigenvalue weighted by molar-refractivity contribution is 7.13. The summed E-state index contributed by atoms with van der Waals surface area (Å²) in [6.07, 6.45) is 0. The third-order valence-corrected chi connectivity index (χ3v) is 3.20. The number of carboxylic acid groups (broad SMARTS) is 1. The molecule has 2 aromatic rings. The molecular formula is C13H11FN2O4S. The number of benzene rings is 1. The average molecular weight is 310 g/mol. The van der Waals surface area contributed by atoms with Gasteiger partial charge in [-0.15, -0.1) is 11.3 Å². The van der Waals surface area contributed by atoms with Gasteiger partial charge in [0, 0.05) is 18.4 Å². The SMILES string of the molecule is CC(=O)Nc1nc(COc2ccc(C(=O)O)c(F)c2)cs1. The van der Waals surface area contributed by atoms with Crippen LogP contribution in [0.15, 0.2) is 23.6 Å². The summed E-state index contributed by atoms with van der Waals surface area (Å²) >= 11 is 1.25. The Hall–Kier alpha value is -2.48. The van der Waals surface area contributed by atoms with Crippen molar-refractivity contribution in [3.05, 3.63) is 40.7 Å². The van der Waals surface area contributed by atoms with Crippen LogP contribution in [-0.4, -0.2) is 22.0 Å². The van der Waals surface area contributed by atoms with Crippen molar-refractivity contribution in [3.8, 4) is 5.75 Å². The number of halogens is 1. The first-order valence-corrected chi connectivity index (χ1v) is 6.71. The minimum Gasteiger partial charge on any atom is -0.487 e. The van der Waals surface area contributed by atoms with E-state index in [9.17, 15) is 14.0 Å². The molecule has 1 amide bonds. The zero-order valence-electron chi connectivity index (χ0n) is 10.9. The highest BCUT2D eigenvalue weighted by Gasteiger charge is 2.11. The number of nitrogens with one attached hydrogen (secondary N) is 1. The lowest BCUT2D eigenvalue weighted by Gasteiger charge is -2.05. The molecule has 0 unspecified atom stereocenters. The fraction of sp³-hybridized carbons (Fsp3) is 0.154. The van der Waals surface area contributed by atoms with Gasteiger partial charge in [-0.05, 0) is 12.1 Å². The number of amides is 1. The largest absolute Gasteiger partial charge is 0.487 e. The molecule has 0 aliphatic rings. The number of carbonyl (C=O) groups is 2. The van der Waals surface area contributed by atoms with Gasteiger partial charge in [0.2, 0.25) is 5.91 Å². The van der Waals surface area contributed by atoms with Crippen LogP contribution in [-0.2, 0) is 11.4 Å². The lowest BCUT2D eigenvalue weighted by Crippen LogP contribution is -2.05. The van der Waals surface area contributed by atoms with Gasteiger partial charge in [0.1, 0.15) is 18.2 Å². The Labute approximate surface area is 123 Å². The van der Waals surface area contributed by atoms with E-state index in [1.807, 2.05) is 0 Å². The molecule has 110 valence electrons. The number of carboxylic acids is 1. The van der Waals surface area contributed by atoms with Gasteiger partial charge in [0.15, 0.2) is 5.13 Å². The minimum absolute atomic E-state index is 0.0853. The molecule has 2 N–H and O–H groups in total. The van der Waals surface area contributed by atoms with Gasteiger partial charge in [-0.25, -0.2) is 14.2 Å². The summed E-state index contributed by atoms with van der Waals surface area (Å²) in [5.74, 6) is -2.22. The van der Waals surface area contributed by atoms with Crippen LogP contribution in [0.1, 0.15) is 23.0 Å². The zero-order chi connectivity index (χ0) is 15.4. The van der Waals surface area contributed by atoms with Gasteiger partial charge in [-0.1, -0.05) is 0 Å². The number of hydrogen-bond donors (Lipinski definition) is 2. The molecule has 1 aromatic heterocycles. The first-order valence-electron chi connectivity index (χ1n) is 5.83. The summed E-state index contributed by atoms with van der Waals surface area (Å²) in [7, 11) is 0. The van der Waals surface area contributed by atoms with Crippen molar-refractivity contribution in [1.82, 2.24) is 4.98 Å². The van der Waals surface area contributed by atoms with Crippen LogP contribution >= 0.6 is 11.3 Å². The molecule has 0 spiro atoms. The fourth-order valence-corrected chi connectivity index (χ4v) is 2.24. The van der Waals surface area contributed by atoms with E-state index in [4.69, 9.17) is 9.84 Å². The van der Waals surface area contributed by atoms with Gasteiger partial charge >= 0.3 is 5.97 Å². The van der Waals surface area contributed by atoms with Crippen LogP contribution in [0, 0.1) is 5.82 Å². The van der Waals surface area contributed by atoms with Crippen molar-refractivity contribution in [2.24, 2.45) is 0 Å². The van der Waals surface area contributed by atoms with Crippen molar-refractivity contribution in [3.63, 3.8) is 0 Å². The summed E-state index contributed by atoms with van der Waals surface area (Å²) in [6.45, 7) is 1.46. The smallest absolute Gasteiger partial charge is 0.338 e. The third-order valence-electron chi connectivity index (χ3n) is 2.39. The first kappa shape index (κ1) is 14.9. The molecule has 0 bridgehead atoms. The fourth-order valence-electron chi connectivity index (χ4n) is 1.50. The number of aromatic nitrogens is 1. The summed E-state index contributed by atoms with van der Waals surface area (Å²) in [6, 6.07) is 3.51. The van der Waals surface area contributed by atoms with Crippen LogP contribution < -0.4 is 10.1 Å². The Bertz CT molecular complexity index is 687. The first-order chi connectivity index (χ1) is 9.95. The van der Waals surface area contributed by atoms with Crippen LogP contribution in [0.4, 0.5) is 9.52 Å². The quantitative estimate of drug-likeness (QED) is 0.886. The van der Waals surface area contributed by atoms with Crippen LogP contribution in [0.2, 0.25) is 0 Å². The lowest BCUT2D eigenvalue weighted by molar-refractivity contribution is -0.114. The molecule has 6 nitrogen and oxygen atoms in total. The number of anilines is 1. The van der Waals surface area contributed by atoms with Gasteiger partial charge in [-0.2, -0.15) is 0 Å². The van der Waals surface area contributed by atoms with E-state index in [0.29, 0.717) is 10.8 Å². The molecule has 21 heavy (non-hydrogen) atoms. The molecule has 0 aliphatic heterocycles. The maximum Gasteiger partial charge on any atom is 0.338 e. The van der Waals surface area contributed by atoms with Crippen molar-refractivity contribution in [1.29, 1.82) is 0 Å². The van der Waals surface area contributed by atoms with E-state index in [2.05, 4.69) is 10.3 Å². The second-order valence-corrected chi connectivity index (χ2v) is 4.92. The van der Waals surface area contributed by atoms with Gasteiger partial charge in [0.05, 0.1) is 11.3 Å². The number of hydrogen-bond acceptors (Lipinski definition) is 5. The van der Waals surface area contributed by atoms with E-state index < -0.39 is 17.3 Å². The number of carbonyl (C=O) groups excluding carboxylic acids is 1. The Morgan fingerprint density at radius 3 is 2.86 bits per heavy atom. The molecule has 0 fully saturated rings. The van der Waals surface area contributed by atoms with Gasteiger partial charge in [-0.3, -0.25) is 4.79 Å². The predicted octanol–water partition coefficient (Wildman–Crippen LogP) is 2.52. The Balaban J connectivity index is 1.99. The number of thiazole rings is 1. The molecule has 1 heterocycles. The van der Waals surface area contributed by atoms with Gasteiger partial charge < -0.3 is 15.2 Å². The lowest BCUT2D eigenvalue weighted by atomic mass is 10.2. The molecule has 8 heteroatoms. The van der Waals surface area contributed by atoms with E-state index in [1.165, 1.54) is 24.3 Å². The maximum atomic E-state index is 13.5. The van der Waals surface area contributed by atoms with Crippen molar-refractivity contribution < 1.29 is 23.8 Å². The van der Waals surface area contributed by atoms with E-state index in [1.54, 1.807) is 5.38 Å². The minimum atomic E-state index is -1.33. The van der Waals surface area contributed by atoms with Crippen molar-refractivity contribution >= 4 is 28.3 Å². The molecule has 0 saturated carbocycles. The molecule has 0 radical (unpaired) electrons. The number of aromatic carboxylic acids is 1. The summed E-state index contributed by atoms with van der Waals surface area (Å²) in [5.41, 5.74) is 0.162. The second kappa shape index (κ2) is 6.31. The average Bonchev–Trinajstić information content (AvgIpc) is 2.82. The van der Waals surface area contributed by atoms with Gasteiger partial charge in [0.25, 0.3) is 0 Å². The Kier molecular flexibility index (Phi) is 4.49. The normalized spacial score (nSPS) is 10.2. The maximum absolute atomic E-state index is 13.5. The summed E-state index contributed by atoms with van der Waals surface area (Å²) in [4.78, 5) is 25.6. The van der Waals surface area contributed by atoms with E-state index >= 15 is 0 Å². The molecule has 1 aromatic carbocycles. The van der Waals surface area contributed by atoms with Crippen LogP contribution in [0.5, 0.6) is 5.75 Å². The monoisotopic (exact) mass is 310 g/mol. The summed E-state index contributed by atoms with van der Waals surface area (Å²) < 4.78 is 18.8. The van der Waals surface area contributed by atoms with E-state index in [0.717, 1.165) is 12.1 Å². The summed E-state index contributed by atoms with van der Waals surface area (Å²) in [5, 5.41) is 13.4. The van der Waals surface area contributed by atoms with Crippen LogP contribution in [0.25, 0.3) is 0 Å². The standard InChI is InChI=1S/C13H11FN2O4S/c1-7(17)15-13-16-8(6-21-13)5-20-9-2-3-10(12(18)19)11(14)4-9/h2-4,6H,5H2,1H3,(H,18,19)(H,15,16,17). The molecule has 0 aliphatic carbocycles. The molecular weight excluding hydrogens is 299 g/mol. The topological polar surface area (TPSA) is 88.5 Å². The number of rotatable bonds is 5. The predicted molar refractivity (Wildman–Crippen MR) is 74.1 cm³/mol. The molecule has 0 saturated heterocycles. The highest BCUT2D eigenvalue weighted by atomic mass is 32.1. The number of ether oxygens (including phenoxy) is 1. The third kappa shape index (κ3) is 3.99. The highest BCUT2D eigenvalue weighted by Crippen LogP contribution is 2.20. The zero-order valence-corrected chi connectivity index (χ0v) is 11.7. The molecule has 2 rings (SSSR count). The molecule has 0 atom stereocenters. The second-order valence-electron chi connectivity index (χ2n) is 4.06. The van der Waals surface area contributed by atoms with Crippen LogP contribution in [0.3, 0.4) is 0 Å².